The molecule has 0 fully saturated rings. The number of nitrogens with one attached hydrogen (secondary N) is 1. The number of ketones is 1. The van der Waals surface area contributed by atoms with Crippen molar-refractivity contribution in [1.29, 1.82) is 0 Å². The molecule has 2 aromatic rings. The Labute approximate surface area is 157 Å². The Morgan fingerprint density at radius 1 is 1.08 bits per heavy atom. The molecule has 0 aliphatic carbocycles. The van der Waals surface area contributed by atoms with E-state index in [2.05, 4.69) is 63.0 Å². The van der Waals surface area contributed by atoms with Crippen LogP contribution in [0.4, 0.5) is 11.4 Å². The average Bonchev–Trinajstić information content (AvgIpc) is 2.64. The van der Waals surface area contributed by atoms with Crippen LogP contribution in [0.1, 0.15) is 55.1 Å². The van der Waals surface area contributed by atoms with Gasteiger partial charge in [-0.2, -0.15) is 0 Å². The maximum absolute atomic E-state index is 12.3. The van der Waals surface area contributed by atoms with Crippen LogP contribution in [0, 0.1) is 6.92 Å². The van der Waals surface area contributed by atoms with Crippen LogP contribution in [-0.4, -0.2) is 18.9 Å². The Kier molecular flexibility index (Phi) is 7.02. The lowest BCUT2D eigenvalue weighted by Crippen LogP contribution is -2.21. The molecule has 0 aliphatic rings. The van der Waals surface area contributed by atoms with Gasteiger partial charge in [-0.3, -0.25) is 4.79 Å². The van der Waals surface area contributed by atoms with Gasteiger partial charge in [0.1, 0.15) is 0 Å². The SMILES string of the molecule is CCN(CC)c1ccc(N/C=C/C(=O)c2ccc(C(C)C)cc2)c(C)c1. The molecule has 3 heteroatoms. The summed E-state index contributed by atoms with van der Waals surface area (Å²) in [5.41, 5.74) is 5.35. The molecule has 0 saturated heterocycles. The van der Waals surface area contributed by atoms with Gasteiger partial charge in [-0.1, -0.05) is 38.1 Å². The van der Waals surface area contributed by atoms with Gasteiger partial charge in [0, 0.05) is 42.3 Å². The fourth-order valence-corrected chi connectivity index (χ4v) is 2.93. The molecule has 2 rings (SSSR count). The highest BCUT2D eigenvalue weighted by Crippen LogP contribution is 2.22. The van der Waals surface area contributed by atoms with Crippen molar-refractivity contribution in [3.63, 3.8) is 0 Å². The first-order chi connectivity index (χ1) is 12.5. The zero-order valence-corrected chi connectivity index (χ0v) is 16.5. The molecule has 0 unspecified atom stereocenters. The van der Waals surface area contributed by atoms with Gasteiger partial charge in [0.05, 0.1) is 0 Å². The van der Waals surface area contributed by atoms with Crippen molar-refractivity contribution in [1.82, 2.24) is 0 Å². The third kappa shape index (κ3) is 4.98. The summed E-state index contributed by atoms with van der Waals surface area (Å²) in [5.74, 6) is 0.476. The zero-order chi connectivity index (χ0) is 19.1. The summed E-state index contributed by atoms with van der Waals surface area (Å²) < 4.78 is 0. The van der Waals surface area contributed by atoms with Crippen LogP contribution in [-0.2, 0) is 0 Å². The van der Waals surface area contributed by atoms with E-state index in [-0.39, 0.29) is 5.78 Å². The van der Waals surface area contributed by atoms with E-state index in [0.717, 1.165) is 24.3 Å². The maximum atomic E-state index is 12.3. The number of carbonyl (C=O) groups is 1. The molecule has 0 radical (unpaired) electrons. The number of benzene rings is 2. The number of aryl methyl sites for hydroxylation is 1. The predicted octanol–water partition coefficient (Wildman–Crippen LogP) is 5.77. The van der Waals surface area contributed by atoms with E-state index in [9.17, 15) is 4.79 Å². The quantitative estimate of drug-likeness (QED) is 0.484. The lowest BCUT2D eigenvalue weighted by molar-refractivity contribution is 0.104. The number of carbonyl (C=O) groups excluding carboxylic acids is 1. The Morgan fingerprint density at radius 2 is 1.73 bits per heavy atom. The van der Waals surface area contributed by atoms with Gasteiger partial charge in [-0.25, -0.2) is 0 Å². The van der Waals surface area contributed by atoms with Gasteiger partial charge >= 0.3 is 0 Å². The second kappa shape index (κ2) is 9.23. The van der Waals surface area contributed by atoms with Crippen molar-refractivity contribution in [3.8, 4) is 0 Å². The monoisotopic (exact) mass is 350 g/mol. The highest BCUT2D eigenvalue weighted by Gasteiger charge is 2.05. The number of anilines is 2. The molecule has 0 aliphatic heterocycles. The third-order valence-corrected chi connectivity index (χ3v) is 4.67. The van der Waals surface area contributed by atoms with E-state index in [4.69, 9.17) is 0 Å². The second-order valence-corrected chi connectivity index (χ2v) is 6.79. The summed E-state index contributed by atoms with van der Waals surface area (Å²) in [6.45, 7) is 12.7. The first-order valence-electron chi connectivity index (χ1n) is 9.39. The molecular formula is C23H30N2O. The first kappa shape index (κ1) is 19.8. The molecule has 0 amide bonds. The fraction of sp³-hybridized carbons (Fsp3) is 0.348. The maximum Gasteiger partial charge on any atom is 0.187 e. The standard InChI is InChI=1S/C23H30N2O/c1-6-25(7-2)21-12-13-22(18(5)16-21)24-15-14-23(26)20-10-8-19(9-11-20)17(3)4/h8-17,24H,6-7H2,1-5H3/b15-14+. The topological polar surface area (TPSA) is 32.3 Å². The van der Waals surface area contributed by atoms with Gasteiger partial charge in [-0.15, -0.1) is 0 Å². The van der Waals surface area contributed by atoms with Gasteiger partial charge in [0.25, 0.3) is 0 Å². The normalized spacial score (nSPS) is 11.2. The molecule has 0 saturated carbocycles. The molecular weight excluding hydrogens is 320 g/mol. The van der Waals surface area contributed by atoms with Crippen LogP contribution >= 0.6 is 0 Å². The summed E-state index contributed by atoms with van der Waals surface area (Å²) >= 11 is 0. The summed E-state index contributed by atoms with van der Waals surface area (Å²) in [5, 5.41) is 3.23. The average molecular weight is 351 g/mol. The van der Waals surface area contributed by atoms with Crippen LogP contribution in [0.15, 0.2) is 54.7 Å². The van der Waals surface area contributed by atoms with Crippen LogP contribution in [0.2, 0.25) is 0 Å². The number of hydrogen-bond donors (Lipinski definition) is 1. The van der Waals surface area contributed by atoms with Crippen molar-refractivity contribution in [2.75, 3.05) is 23.3 Å². The molecule has 26 heavy (non-hydrogen) atoms. The van der Waals surface area contributed by atoms with Crippen molar-refractivity contribution >= 4 is 17.2 Å². The van der Waals surface area contributed by atoms with E-state index >= 15 is 0 Å². The molecule has 2 aromatic carbocycles. The summed E-state index contributed by atoms with van der Waals surface area (Å²) in [4.78, 5) is 14.6. The largest absolute Gasteiger partial charge is 0.372 e. The number of allylic oxidation sites excluding steroid dienone is 1. The molecule has 0 aromatic heterocycles. The molecule has 0 bridgehead atoms. The Morgan fingerprint density at radius 3 is 2.27 bits per heavy atom. The smallest absolute Gasteiger partial charge is 0.187 e. The minimum atomic E-state index is 0.00483. The summed E-state index contributed by atoms with van der Waals surface area (Å²) in [6, 6.07) is 14.2. The fourth-order valence-electron chi connectivity index (χ4n) is 2.93. The first-order valence-corrected chi connectivity index (χ1v) is 9.39. The summed E-state index contributed by atoms with van der Waals surface area (Å²) in [7, 11) is 0. The Hall–Kier alpha value is -2.55. The van der Waals surface area contributed by atoms with E-state index in [1.165, 1.54) is 11.3 Å². The Balaban J connectivity index is 2.02. The number of nitrogens with zero attached hydrogens (tertiary/aromatic N) is 1. The predicted molar refractivity (Wildman–Crippen MR) is 112 cm³/mol. The lowest BCUT2D eigenvalue weighted by atomic mass is 10.0. The molecule has 1 N–H and O–H groups in total. The minimum absolute atomic E-state index is 0.00483. The van der Waals surface area contributed by atoms with Crippen LogP contribution in [0.25, 0.3) is 0 Å². The van der Waals surface area contributed by atoms with Crippen molar-refractivity contribution in [2.45, 2.75) is 40.5 Å². The lowest BCUT2D eigenvalue weighted by Gasteiger charge is -2.22. The molecule has 0 heterocycles. The zero-order valence-electron chi connectivity index (χ0n) is 16.5. The van der Waals surface area contributed by atoms with Gasteiger partial charge in [0.15, 0.2) is 5.78 Å². The second-order valence-electron chi connectivity index (χ2n) is 6.79. The van der Waals surface area contributed by atoms with Crippen molar-refractivity contribution in [2.24, 2.45) is 0 Å². The summed E-state index contributed by atoms with van der Waals surface area (Å²) in [6.07, 6.45) is 3.31. The highest BCUT2D eigenvalue weighted by atomic mass is 16.1. The molecule has 0 atom stereocenters. The molecule has 3 nitrogen and oxygen atoms in total. The minimum Gasteiger partial charge on any atom is -0.372 e. The van der Waals surface area contributed by atoms with Crippen LogP contribution in [0.5, 0.6) is 0 Å². The van der Waals surface area contributed by atoms with Gasteiger partial charge < -0.3 is 10.2 Å². The van der Waals surface area contributed by atoms with Gasteiger partial charge in [0.2, 0.25) is 0 Å². The van der Waals surface area contributed by atoms with E-state index in [1.54, 1.807) is 12.3 Å². The van der Waals surface area contributed by atoms with E-state index in [1.807, 2.05) is 24.3 Å². The van der Waals surface area contributed by atoms with Crippen LogP contribution in [0.3, 0.4) is 0 Å². The number of hydrogen-bond acceptors (Lipinski definition) is 3. The molecule has 138 valence electrons. The highest BCUT2D eigenvalue weighted by molar-refractivity contribution is 6.04. The van der Waals surface area contributed by atoms with Crippen molar-refractivity contribution < 1.29 is 4.79 Å². The van der Waals surface area contributed by atoms with E-state index in [0.29, 0.717) is 11.5 Å². The third-order valence-electron chi connectivity index (χ3n) is 4.67. The van der Waals surface area contributed by atoms with Crippen molar-refractivity contribution in [3.05, 3.63) is 71.4 Å². The van der Waals surface area contributed by atoms with Gasteiger partial charge in [-0.05, 0) is 56.0 Å². The van der Waals surface area contributed by atoms with E-state index < -0.39 is 0 Å². The Bertz CT molecular complexity index is 756. The molecule has 0 spiro atoms. The number of rotatable bonds is 8. The van der Waals surface area contributed by atoms with Crippen LogP contribution < -0.4 is 10.2 Å².